The highest BCUT2D eigenvalue weighted by molar-refractivity contribution is 7.33. The molecule has 0 aliphatic rings. The van der Waals surface area contributed by atoms with Crippen molar-refractivity contribution in [2.24, 2.45) is 11.8 Å². The lowest BCUT2D eigenvalue weighted by molar-refractivity contribution is -0.121. The molecule has 0 aliphatic carbocycles. The van der Waals surface area contributed by atoms with Gasteiger partial charge in [0.05, 0.1) is 12.2 Å². The fraction of sp³-hybridized carbons (Fsp3) is 0.462. The molecule has 2 aromatic rings. The van der Waals surface area contributed by atoms with Gasteiger partial charge in [0.1, 0.15) is 11.6 Å². The average Bonchev–Trinajstić information content (AvgIpc) is 2.74. The molecule has 0 aromatic heterocycles. The molecule has 0 heterocycles. The zero-order valence-corrected chi connectivity index (χ0v) is 20.5. The van der Waals surface area contributed by atoms with Crippen LogP contribution in [0, 0.1) is 11.8 Å². The fourth-order valence-corrected chi connectivity index (χ4v) is 4.48. The lowest BCUT2D eigenvalue weighted by Crippen LogP contribution is -2.23. The summed E-state index contributed by atoms with van der Waals surface area (Å²) in [6, 6.07) is 19.6. The smallest absolute Gasteiger partial charge is 0.307 e. The molecule has 2 aromatic carbocycles. The van der Waals surface area contributed by atoms with Gasteiger partial charge in [0.2, 0.25) is 0 Å². The van der Waals surface area contributed by atoms with Crippen molar-refractivity contribution in [2.45, 2.75) is 65.6 Å². The monoisotopic (exact) mass is 458 g/mol. The Hall–Kier alpha value is -2.07. The van der Waals surface area contributed by atoms with Crippen LogP contribution in [0.25, 0.3) is 0 Å². The predicted octanol–water partition coefficient (Wildman–Crippen LogP) is 5.86. The lowest BCUT2D eigenvalue weighted by Gasteiger charge is -2.24. The van der Waals surface area contributed by atoms with Crippen LogP contribution in [0.15, 0.2) is 60.7 Å². The topological polar surface area (TPSA) is 69.7 Å². The third-order valence-corrected chi connectivity index (χ3v) is 6.81. The van der Waals surface area contributed by atoms with Crippen LogP contribution in [-0.4, -0.2) is 23.8 Å². The Balaban J connectivity index is 2.09. The molecule has 0 N–H and O–H groups in total. The second-order valence-corrected chi connectivity index (χ2v) is 9.58. The molecule has 32 heavy (non-hydrogen) atoms. The van der Waals surface area contributed by atoms with Crippen molar-refractivity contribution in [3.05, 3.63) is 71.8 Å². The van der Waals surface area contributed by atoms with Gasteiger partial charge in [-0.25, -0.2) is 0 Å². The van der Waals surface area contributed by atoms with Gasteiger partial charge in [0.25, 0.3) is 0 Å². The summed E-state index contributed by atoms with van der Waals surface area (Å²) >= 11 is 0. The average molecular weight is 459 g/mol. The Bertz CT molecular complexity index is 797. The zero-order valence-electron chi connectivity index (χ0n) is 19.5. The molecule has 0 amide bonds. The normalized spacial score (nSPS) is 16.0. The first-order valence-corrected chi connectivity index (χ1v) is 12.4. The highest BCUT2D eigenvalue weighted by atomic mass is 31.1. The third-order valence-electron chi connectivity index (χ3n) is 5.76. The first-order chi connectivity index (χ1) is 15.2. The van der Waals surface area contributed by atoms with E-state index in [0.717, 1.165) is 11.1 Å². The minimum atomic E-state index is -2.84. The number of carbonyl (C=O) groups excluding carboxylic acids is 2. The minimum Gasteiger partial charge on any atom is -0.307 e. The van der Waals surface area contributed by atoms with Gasteiger partial charge < -0.3 is 9.05 Å². The Morgan fingerprint density at radius 1 is 0.719 bits per heavy atom. The van der Waals surface area contributed by atoms with E-state index in [2.05, 4.69) is 0 Å². The molecule has 0 saturated heterocycles. The SMILES string of the molecule is CC(=O)C(C)CC(Cc1ccccc1)O[PH](=O)OC(Cc1ccccc1)CC(C)C(C)=O. The van der Waals surface area contributed by atoms with Gasteiger partial charge in [-0.05, 0) is 50.7 Å². The summed E-state index contributed by atoms with van der Waals surface area (Å²) in [6.45, 7) is 6.83. The number of carbonyl (C=O) groups is 2. The van der Waals surface area contributed by atoms with E-state index in [0.29, 0.717) is 25.7 Å². The number of hydrogen-bond donors (Lipinski definition) is 0. The quantitative estimate of drug-likeness (QED) is 0.332. The summed E-state index contributed by atoms with van der Waals surface area (Å²) in [5.41, 5.74) is 2.10. The van der Waals surface area contributed by atoms with Gasteiger partial charge in [-0.3, -0.25) is 14.2 Å². The van der Waals surface area contributed by atoms with E-state index < -0.39 is 20.5 Å². The van der Waals surface area contributed by atoms with Crippen LogP contribution in [0.5, 0.6) is 0 Å². The van der Waals surface area contributed by atoms with Crippen LogP contribution in [0.3, 0.4) is 0 Å². The van der Waals surface area contributed by atoms with Crippen molar-refractivity contribution < 1.29 is 23.2 Å². The van der Waals surface area contributed by atoms with Crippen molar-refractivity contribution in [2.75, 3.05) is 0 Å². The maximum Gasteiger partial charge on any atom is 0.319 e. The van der Waals surface area contributed by atoms with Crippen molar-refractivity contribution in [1.29, 1.82) is 0 Å². The summed E-state index contributed by atoms with van der Waals surface area (Å²) in [5, 5.41) is 0. The van der Waals surface area contributed by atoms with E-state index in [9.17, 15) is 14.2 Å². The van der Waals surface area contributed by atoms with Crippen molar-refractivity contribution >= 4 is 19.8 Å². The molecule has 6 heteroatoms. The number of benzene rings is 2. The molecule has 0 aliphatic heterocycles. The maximum absolute atomic E-state index is 12.9. The lowest BCUT2D eigenvalue weighted by atomic mass is 9.96. The van der Waals surface area contributed by atoms with Crippen LogP contribution >= 0.6 is 8.25 Å². The van der Waals surface area contributed by atoms with E-state index in [1.165, 1.54) is 0 Å². The third kappa shape index (κ3) is 9.60. The van der Waals surface area contributed by atoms with Crippen LogP contribution in [0.2, 0.25) is 0 Å². The summed E-state index contributed by atoms with van der Waals surface area (Å²) in [5.74, 6) is -0.248. The predicted molar refractivity (Wildman–Crippen MR) is 128 cm³/mol. The second-order valence-electron chi connectivity index (χ2n) is 8.60. The van der Waals surface area contributed by atoms with Gasteiger partial charge >= 0.3 is 8.25 Å². The van der Waals surface area contributed by atoms with Gasteiger partial charge in [-0.2, -0.15) is 0 Å². The van der Waals surface area contributed by atoms with Crippen LogP contribution in [-0.2, 0) is 36.0 Å². The highest BCUT2D eigenvalue weighted by Crippen LogP contribution is 2.34. The van der Waals surface area contributed by atoms with E-state index in [-0.39, 0.29) is 23.4 Å². The number of Topliss-reactive ketones (excluding diaryl/α,β-unsaturated/α-hetero) is 2. The molecular weight excluding hydrogens is 423 g/mol. The van der Waals surface area contributed by atoms with E-state index >= 15 is 0 Å². The first kappa shape index (κ1) is 26.2. The summed E-state index contributed by atoms with van der Waals surface area (Å²) in [6.07, 6.45) is 1.24. The summed E-state index contributed by atoms with van der Waals surface area (Å²) in [7, 11) is -2.84. The zero-order chi connectivity index (χ0) is 23.5. The molecule has 5 nitrogen and oxygen atoms in total. The van der Waals surface area contributed by atoms with E-state index in [1.54, 1.807) is 13.8 Å². The van der Waals surface area contributed by atoms with E-state index in [4.69, 9.17) is 9.05 Å². The number of ketones is 2. The Morgan fingerprint density at radius 2 is 1.06 bits per heavy atom. The Kier molecular flexibility index (Phi) is 11.0. The molecule has 0 saturated carbocycles. The molecule has 2 rings (SSSR count). The standard InChI is InChI=1S/C26H35O5P/c1-19(21(3)27)15-25(17-23-11-7-5-8-12-23)30-32(29)31-26(16-20(2)22(4)28)18-24-13-9-6-10-14-24/h5-14,19-20,25-26,32H,15-18H2,1-4H3. The van der Waals surface area contributed by atoms with Crippen molar-refractivity contribution in [1.82, 2.24) is 0 Å². The maximum atomic E-state index is 12.9. The van der Waals surface area contributed by atoms with E-state index in [1.807, 2.05) is 74.5 Å². The molecular formula is C26H35O5P. The Morgan fingerprint density at radius 3 is 1.38 bits per heavy atom. The molecule has 0 fully saturated rings. The Labute approximate surface area is 192 Å². The molecule has 0 radical (unpaired) electrons. The van der Waals surface area contributed by atoms with Gasteiger partial charge in [0.15, 0.2) is 0 Å². The molecule has 4 unspecified atom stereocenters. The minimum absolute atomic E-state index is 0.0736. The van der Waals surface area contributed by atoms with Gasteiger partial charge in [-0.15, -0.1) is 0 Å². The highest BCUT2D eigenvalue weighted by Gasteiger charge is 2.24. The molecule has 4 atom stereocenters. The van der Waals surface area contributed by atoms with Crippen molar-refractivity contribution in [3.8, 4) is 0 Å². The fourth-order valence-electron chi connectivity index (χ4n) is 3.52. The molecule has 0 spiro atoms. The second kappa shape index (κ2) is 13.5. The van der Waals surface area contributed by atoms with Crippen LogP contribution < -0.4 is 0 Å². The van der Waals surface area contributed by atoms with Crippen LogP contribution in [0.4, 0.5) is 0 Å². The van der Waals surface area contributed by atoms with Crippen LogP contribution in [0.1, 0.15) is 51.7 Å². The first-order valence-electron chi connectivity index (χ1n) is 11.2. The molecule has 174 valence electrons. The van der Waals surface area contributed by atoms with Crippen molar-refractivity contribution in [3.63, 3.8) is 0 Å². The number of rotatable bonds is 14. The largest absolute Gasteiger partial charge is 0.319 e. The summed E-state index contributed by atoms with van der Waals surface area (Å²) < 4.78 is 24.7. The number of hydrogen-bond acceptors (Lipinski definition) is 5. The van der Waals surface area contributed by atoms with Gasteiger partial charge in [0, 0.05) is 11.8 Å². The summed E-state index contributed by atoms with van der Waals surface area (Å²) in [4.78, 5) is 23.6. The van der Waals surface area contributed by atoms with Gasteiger partial charge in [-0.1, -0.05) is 74.5 Å². The molecule has 0 bridgehead atoms.